The van der Waals surface area contributed by atoms with E-state index in [2.05, 4.69) is 4.99 Å². The number of aliphatic imine (C=N–C) groups is 1. The second kappa shape index (κ2) is 9.58. The summed E-state index contributed by atoms with van der Waals surface area (Å²) in [5.74, 6) is -0.883. The molecule has 8 nitrogen and oxygen atoms in total. The van der Waals surface area contributed by atoms with Crippen molar-refractivity contribution in [3.63, 3.8) is 0 Å². The van der Waals surface area contributed by atoms with Crippen LogP contribution in [0.25, 0.3) is 6.08 Å². The minimum absolute atomic E-state index is 0.0502. The Hall–Kier alpha value is -4.11. The molecule has 3 aromatic carbocycles. The number of nitro groups is 1. The van der Waals surface area contributed by atoms with Gasteiger partial charge in [-0.3, -0.25) is 19.8 Å². The van der Waals surface area contributed by atoms with E-state index in [1.54, 1.807) is 4.90 Å². The van der Waals surface area contributed by atoms with E-state index >= 15 is 0 Å². The summed E-state index contributed by atoms with van der Waals surface area (Å²) in [5.41, 5.74) is 1.49. The molecule has 166 valence electrons. The average Bonchev–Trinajstić information content (AvgIpc) is 3.10. The van der Waals surface area contributed by atoms with Crippen LogP contribution < -0.4 is 4.74 Å². The Bertz CT molecular complexity index is 1260. The topological polar surface area (TPSA) is 105 Å². The summed E-state index contributed by atoms with van der Waals surface area (Å²) < 4.78 is 5.06. The highest BCUT2D eigenvalue weighted by atomic mass is 32.2. The lowest BCUT2D eigenvalue weighted by atomic mass is 10.1. The van der Waals surface area contributed by atoms with E-state index in [0.717, 1.165) is 5.56 Å². The third-order valence-corrected chi connectivity index (χ3v) is 5.85. The molecule has 1 amide bonds. The summed E-state index contributed by atoms with van der Waals surface area (Å²) >= 11 is 1.18. The van der Waals surface area contributed by atoms with Gasteiger partial charge in [0.1, 0.15) is 0 Å². The Balaban J connectivity index is 1.75. The molecule has 4 rings (SSSR count). The zero-order chi connectivity index (χ0) is 23.4. The van der Waals surface area contributed by atoms with Gasteiger partial charge in [0.15, 0.2) is 10.9 Å². The molecule has 9 heteroatoms. The van der Waals surface area contributed by atoms with Gasteiger partial charge in [-0.2, -0.15) is 0 Å². The highest BCUT2D eigenvalue weighted by Gasteiger charge is 2.34. The quantitative estimate of drug-likeness (QED) is 0.311. The maximum atomic E-state index is 13.3. The van der Waals surface area contributed by atoms with Gasteiger partial charge in [0, 0.05) is 6.07 Å². The van der Waals surface area contributed by atoms with Crippen molar-refractivity contribution in [2.24, 2.45) is 4.99 Å². The van der Waals surface area contributed by atoms with Crippen molar-refractivity contribution in [1.82, 2.24) is 4.90 Å². The molecule has 0 radical (unpaired) electrons. The molecule has 0 atom stereocenters. The molecule has 1 N–H and O–H groups in total. The zero-order valence-electron chi connectivity index (χ0n) is 17.5. The molecule has 0 bridgehead atoms. The van der Waals surface area contributed by atoms with Gasteiger partial charge in [-0.25, -0.2) is 4.99 Å². The molecule has 0 unspecified atom stereocenters. The number of amides is 1. The van der Waals surface area contributed by atoms with E-state index in [1.165, 1.54) is 37.1 Å². The van der Waals surface area contributed by atoms with Crippen LogP contribution in [0, 0.1) is 10.1 Å². The molecular weight excluding hydrogens is 442 g/mol. The number of aromatic hydroxyl groups is 1. The lowest BCUT2D eigenvalue weighted by Crippen LogP contribution is -2.28. The van der Waals surface area contributed by atoms with Crippen LogP contribution in [0.15, 0.2) is 82.7 Å². The number of methoxy groups -OCH3 is 1. The molecule has 0 saturated carbocycles. The maximum absolute atomic E-state index is 13.3. The minimum atomic E-state index is -0.701. The number of ether oxygens (including phenoxy) is 1. The number of nitrogens with zero attached hydrogens (tertiary/aromatic N) is 3. The van der Waals surface area contributed by atoms with E-state index in [4.69, 9.17) is 4.74 Å². The Kier molecular flexibility index (Phi) is 6.41. The van der Waals surface area contributed by atoms with E-state index in [0.29, 0.717) is 27.9 Å². The van der Waals surface area contributed by atoms with Crippen LogP contribution in [0.5, 0.6) is 11.5 Å². The number of carbonyl (C=O) groups excluding carboxylic acids is 1. The first kappa shape index (κ1) is 22.1. The predicted molar refractivity (Wildman–Crippen MR) is 127 cm³/mol. The fourth-order valence-electron chi connectivity index (χ4n) is 3.25. The molecule has 1 saturated heterocycles. The van der Waals surface area contributed by atoms with Gasteiger partial charge in [-0.05, 0) is 47.2 Å². The van der Waals surface area contributed by atoms with Gasteiger partial charge < -0.3 is 9.84 Å². The van der Waals surface area contributed by atoms with E-state index < -0.39 is 16.4 Å². The highest BCUT2D eigenvalue weighted by molar-refractivity contribution is 8.18. The average molecular weight is 461 g/mol. The summed E-state index contributed by atoms with van der Waals surface area (Å²) in [7, 11) is 1.30. The first-order valence-corrected chi connectivity index (χ1v) is 10.7. The van der Waals surface area contributed by atoms with Gasteiger partial charge in [0.05, 0.1) is 29.2 Å². The number of carbonyl (C=O) groups is 1. The van der Waals surface area contributed by atoms with Crippen molar-refractivity contribution in [1.29, 1.82) is 0 Å². The molecule has 1 aliphatic heterocycles. The molecule has 0 aromatic heterocycles. The molecule has 1 aliphatic rings. The number of thioether (sulfide) groups is 1. The van der Waals surface area contributed by atoms with Crippen molar-refractivity contribution in [3.05, 3.63) is 98.9 Å². The predicted octanol–water partition coefficient (Wildman–Crippen LogP) is 5.11. The SMILES string of the molecule is COc1cc(/C=C2/SC(=Nc3ccccc3)N(Cc3ccccc3)C2=O)cc([N+](=O)[O-])c1O. The van der Waals surface area contributed by atoms with Crippen molar-refractivity contribution >= 4 is 40.3 Å². The van der Waals surface area contributed by atoms with Crippen molar-refractivity contribution in [3.8, 4) is 11.5 Å². The normalized spacial score (nSPS) is 15.9. The lowest BCUT2D eigenvalue weighted by molar-refractivity contribution is -0.386. The minimum Gasteiger partial charge on any atom is -0.500 e. The van der Waals surface area contributed by atoms with Gasteiger partial charge in [0.25, 0.3) is 5.91 Å². The van der Waals surface area contributed by atoms with E-state index in [1.807, 2.05) is 60.7 Å². The molecule has 3 aromatic rings. The summed E-state index contributed by atoms with van der Waals surface area (Å²) in [5, 5.41) is 21.8. The van der Waals surface area contributed by atoms with Gasteiger partial charge in [-0.1, -0.05) is 48.5 Å². The summed E-state index contributed by atoms with van der Waals surface area (Å²) in [6.45, 7) is 0.328. The molecular formula is C24H19N3O5S. The van der Waals surface area contributed by atoms with Gasteiger partial charge in [-0.15, -0.1) is 0 Å². The number of phenolic OH excluding ortho intramolecular Hbond substituents is 1. The van der Waals surface area contributed by atoms with Crippen molar-refractivity contribution in [2.75, 3.05) is 7.11 Å². The maximum Gasteiger partial charge on any atom is 0.315 e. The number of nitro benzene ring substituents is 1. The second-order valence-electron chi connectivity index (χ2n) is 7.07. The largest absolute Gasteiger partial charge is 0.500 e. The fourth-order valence-corrected chi connectivity index (χ4v) is 4.25. The Labute approximate surface area is 194 Å². The molecule has 1 fully saturated rings. The smallest absolute Gasteiger partial charge is 0.315 e. The number of hydrogen-bond acceptors (Lipinski definition) is 7. The van der Waals surface area contributed by atoms with Crippen LogP contribution in [0.2, 0.25) is 0 Å². The summed E-state index contributed by atoms with van der Waals surface area (Å²) in [6, 6.07) is 21.5. The number of amidine groups is 1. The van der Waals surface area contributed by atoms with Crippen LogP contribution in [-0.2, 0) is 11.3 Å². The van der Waals surface area contributed by atoms with Crippen LogP contribution in [0.3, 0.4) is 0 Å². The first-order valence-electron chi connectivity index (χ1n) is 9.90. The third-order valence-electron chi connectivity index (χ3n) is 4.84. The van der Waals surface area contributed by atoms with Gasteiger partial charge in [0.2, 0.25) is 5.75 Å². The first-order chi connectivity index (χ1) is 16.0. The Morgan fingerprint density at radius 2 is 1.79 bits per heavy atom. The Morgan fingerprint density at radius 1 is 1.12 bits per heavy atom. The summed E-state index contributed by atoms with van der Waals surface area (Å²) in [6.07, 6.45) is 1.54. The lowest BCUT2D eigenvalue weighted by Gasteiger charge is -2.15. The van der Waals surface area contributed by atoms with E-state index in [-0.39, 0.29) is 11.7 Å². The number of rotatable bonds is 6. The highest BCUT2D eigenvalue weighted by Crippen LogP contribution is 2.40. The number of para-hydroxylation sites is 1. The van der Waals surface area contributed by atoms with Crippen LogP contribution in [0.1, 0.15) is 11.1 Å². The fraction of sp³-hybridized carbons (Fsp3) is 0.0833. The number of hydrogen-bond donors (Lipinski definition) is 1. The summed E-state index contributed by atoms with van der Waals surface area (Å²) in [4.78, 5) is 30.5. The second-order valence-corrected chi connectivity index (χ2v) is 8.07. The molecule has 0 spiro atoms. The van der Waals surface area contributed by atoms with Crippen LogP contribution in [-0.4, -0.2) is 33.1 Å². The number of phenols is 1. The standard InChI is InChI=1S/C24H19N3O5S/c1-32-20-13-17(12-19(22(20)28)27(30)31)14-21-23(29)26(15-16-8-4-2-5-9-16)24(33-21)25-18-10-6-3-7-11-18/h2-14,28H,15H2,1H3/b21-14+,25-24?. The van der Waals surface area contributed by atoms with Crippen molar-refractivity contribution in [2.45, 2.75) is 6.54 Å². The van der Waals surface area contributed by atoms with Gasteiger partial charge >= 0.3 is 5.69 Å². The van der Waals surface area contributed by atoms with E-state index in [9.17, 15) is 20.0 Å². The monoisotopic (exact) mass is 461 g/mol. The molecule has 0 aliphatic carbocycles. The van der Waals surface area contributed by atoms with Crippen molar-refractivity contribution < 1.29 is 19.6 Å². The van der Waals surface area contributed by atoms with Crippen LogP contribution in [0.4, 0.5) is 11.4 Å². The zero-order valence-corrected chi connectivity index (χ0v) is 18.4. The third kappa shape index (κ3) is 4.88. The number of benzene rings is 3. The Morgan fingerprint density at radius 3 is 2.42 bits per heavy atom. The molecule has 33 heavy (non-hydrogen) atoms. The molecule has 1 heterocycles. The van der Waals surface area contributed by atoms with Crippen LogP contribution >= 0.6 is 11.8 Å².